The van der Waals surface area contributed by atoms with E-state index in [4.69, 9.17) is 5.26 Å². The molecule has 0 bridgehead atoms. The van der Waals surface area contributed by atoms with Crippen LogP contribution < -0.4 is 0 Å². The average Bonchev–Trinajstić information content (AvgIpc) is 2.21. The predicted molar refractivity (Wildman–Crippen MR) is 61.9 cm³/mol. The SMILES string of the molecule is CC.CC/C1=C/CC/C=C(/C#N)CC1. The molecule has 0 fully saturated rings. The molecule has 0 saturated carbocycles. The molecule has 0 heterocycles. The van der Waals surface area contributed by atoms with E-state index in [0.29, 0.717) is 0 Å². The molecule has 0 radical (unpaired) electrons. The van der Waals surface area contributed by atoms with Crippen molar-refractivity contribution in [3.63, 3.8) is 0 Å². The summed E-state index contributed by atoms with van der Waals surface area (Å²) in [6.07, 6.45) is 9.69. The van der Waals surface area contributed by atoms with Crippen molar-refractivity contribution in [1.82, 2.24) is 0 Å². The molecule has 0 unspecified atom stereocenters. The number of allylic oxidation sites excluding steroid dienone is 4. The number of hydrogen-bond donors (Lipinski definition) is 0. The highest BCUT2D eigenvalue weighted by Gasteiger charge is 2.01. The van der Waals surface area contributed by atoms with E-state index in [1.165, 1.54) is 5.57 Å². The van der Waals surface area contributed by atoms with E-state index in [1.54, 1.807) is 0 Å². The molecule has 0 aromatic rings. The molecular formula is C13H21N. The van der Waals surface area contributed by atoms with E-state index < -0.39 is 0 Å². The maximum absolute atomic E-state index is 8.73. The number of hydrogen-bond acceptors (Lipinski definition) is 1. The molecule has 0 aromatic carbocycles. The van der Waals surface area contributed by atoms with Gasteiger partial charge in [-0.1, -0.05) is 38.5 Å². The highest BCUT2D eigenvalue weighted by atomic mass is 14.2. The highest BCUT2D eigenvalue weighted by Crippen LogP contribution is 2.18. The summed E-state index contributed by atoms with van der Waals surface area (Å²) in [6.45, 7) is 6.18. The Morgan fingerprint density at radius 2 is 1.86 bits per heavy atom. The van der Waals surface area contributed by atoms with Gasteiger partial charge in [0, 0.05) is 5.57 Å². The zero-order valence-electron chi connectivity index (χ0n) is 9.64. The van der Waals surface area contributed by atoms with Gasteiger partial charge in [0.15, 0.2) is 0 Å². The van der Waals surface area contributed by atoms with Gasteiger partial charge in [0.05, 0.1) is 6.07 Å². The zero-order valence-corrected chi connectivity index (χ0v) is 9.64. The lowest BCUT2D eigenvalue weighted by Crippen LogP contribution is -1.89. The largest absolute Gasteiger partial charge is 0.193 e. The van der Waals surface area contributed by atoms with Crippen LogP contribution in [0.4, 0.5) is 0 Å². The monoisotopic (exact) mass is 191 g/mol. The third-order valence-corrected chi connectivity index (χ3v) is 2.30. The average molecular weight is 191 g/mol. The van der Waals surface area contributed by atoms with Crippen LogP contribution in [0.15, 0.2) is 23.3 Å². The first kappa shape index (κ1) is 13.0. The van der Waals surface area contributed by atoms with Crippen molar-refractivity contribution in [1.29, 1.82) is 5.26 Å². The van der Waals surface area contributed by atoms with Crippen molar-refractivity contribution >= 4 is 0 Å². The minimum absolute atomic E-state index is 0.941. The van der Waals surface area contributed by atoms with Crippen molar-refractivity contribution in [3.05, 3.63) is 23.3 Å². The standard InChI is InChI=1S/C11H15N.C2H6/c1-2-10-5-3-4-6-11(9-12)8-7-10;1-2/h5-6H,2-4,7-8H2,1H3;1-2H3/b10-5-,11-6+;. The van der Waals surface area contributed by atoms with Gasteiger partial charge in [-0.3, -0.25) is 0 Å². The normalized spacial score (nSPS) is 23.6. The number of nitrogens with zero attached hydrogens (tertiary/aromatic N) is 1. The van der Waals surface area contributed by atoms with Gasteiger partial charge in [-0.05, 0) is 32.1 Å². The maximum atomic E-state index is 8.73. The summed E-state index contributed by atoms with van der Waals surface area (Å²) >= 11 is 0. The summed E-state index contributed by atoms with van der Waals surface area (Å²) in [5.74, 6) is 0. The second-order valence-electron chi connectivity index (χ2n) is 3.13. The molecule has 1 heteroatoms. The first-order valence-electron chi connectivity index (χ1n) is 5.64. The summed E-state index contributed by atoms with van der Waals surface area (Å²) in [7, 11) is 0. The summed E-state index contributed by atoms with van der Waals surface area (Å²) in [6, 6.07) is 2.25. The Kier molecular flexibility index (Phi) is 7.93. The summed E-state index contributed by atoms with van der Waals surface area (Å²) in [5.41, 5.74) is 2.48. The van der Waals surface area contributed by atoms with E-state index in [0.717, 1.165) is 37.7 Å². The quantitative estimate of drug-likeness (QED) is 0.564. The smallest absolute Gasteiger partial charge is 0.0943 e. The van der Waals surface area contributed by atoms with E-state index in [9.17, 15) is 0 Å². The minimum Gasteiger partial charge on any atom is -0.193 e. The predicted octanol–water partition coefficient (Wildman–Crippen LogP) is 4.37. The van der Waals surface area contributed by atoms with E-state index in [-0.39, 0.29) is 0 Å². The van der Waals surface area contributed by atoms with E-state index in [1.807, 2.05) is 13.8 Å². The van der Waals surface area contributed by atoms with Crippen molar-refractivity contribution in [3.8, 4) is 6.07 Å². The van der Waals surface area contributed by atoms with Crippen LogP contribution in [0, 0.1) is 11.3 Å². The van der Waals surface area contributed by atoms with E-state index in [2.05, 4.69) is 25.1 Å². The van der Waals surface area contributed by atoms with Crippen LogP contribution in [0.2, 0.25) is 0 Å². The molecule has 0 aliphatic heterocycles. The van der Waals surface area contributed by atoms with Gasteiger partial charge in [0.2, 0.25) is 0 Å². The lowest BCUT2D eigenvalue weighted by atomic mass is 9.98. The summed E-state index contributed by atoms with van der Waals surface area (Å²) in [4.78, 5) is 0. The molecule has 0 spiro atoms. The third kappa shape index (κ3) is 4.87. The summed E-state index contributed by atoms with van der Waals surface area (Å²) in [5, 5.41) is 8.73. The Morgan fingerprint density at radius 1 is 1.21 bits per heavy atom. The molecule has 78 valence electrons. The van der Waals surface area contributed by atoms with Crippen LogP contribution >= 0.6 is 0 Å². The lowest BCUT2D eigenvalue weighted by molar-refractivity contribution is 0.845. The van der Waals surface area contributed by atoms with Crippen LogP contribution in [-0.2, 0) is 0 Å². The van der Waals surface area contributed by atoms with Crippen molar-refractivity contribution in [2.45, 2.75) is 52.9 Å². The van der Waals surface area contributed by atoms with Gasteiger partial charge in [0.25, 0.3) is 0 Å². The Bertz CT molecular complexity index is 240. The molecule has 1 aliphatic rings. The summed E-state index contributed by atoms with van der Waals surface area (Å²) < 4.78 is 0. The van der Waals surface area contributed by atoms with Crippen LogP contribution in [0.1, 0.15) is 52.9 Å². The fourth-order valence-corrected chi connectivity index (χ4v) is 1.47. The molecule has 1 rings (SSSR count). The molecular weight excluding hydrogens is 170 g/mol. The van der Waals surface area contributed by atoms with Crippen LogP contribution in [-0.4, -0.2) is 0 Å². The molecule has 1 aliphatic carbocycles. The minimum atomic E-state index is 0.941. The second kappa shape index (κ2) is 8.56. The Balaban J connectivity index is 0.000000791. The van der Waals surface area contributed by atoms with Crippen LogP contribution in [0.5, 0.6) is 0 Å². The molecule has 0 saturated heterocycles. The van der Waals surface area contributed by atoms with Gasteiger partial charge in [-0.2, -0.15) is 5.26 Å². The Morgan fingerprint density at radius 3 is 2.43 bits per heavy atom. The van der Waals surface area contributed by atoms with Gasteiger partial charge in [-0.15, -0.1) is 0 Å². The molecule has 14 heavy (non-hydrogen) atoms. The first-order valence-corrected chi connectivity index (χ1v) is 5.64. The fourth-order valence-electron chi connectivity index (χ4n) is 1.47. The topological polar surface area (TPSA) is 23.8 Å². The van der Waals surface area contributed by atoms with Crippen LogP contribution in [0.3, 0.4) is 0 Å². The first-order chi connectivity index (χ1) is 6.86. The molecule has 0 amide bonds. The zero-order chi connectivity index (χ0) is 10.8. The van der Waals surface area contributed by atoms with Crippen molar-refractivity contribution in [2.24, 2.45) is 0 Å². The van der Waals surface area contributed by atoms with Gasteiger partial charge in [-0.25, -0.2) is 0 Å². The van der Waals surface area contributed by atoms with Gasteiger partial charge in [0.1, 0.15) is 0 Å². The Hall–Kier alpha value is -1.03. The molecule has 1 nitrogen and oxygen atoms in total. The van der Waals surface area contributed by atoms with E-state index >= 15 is 0 Å². The van der Waals surface area contributed by atoms with Crippen LogP contribution in [0.25, 0.3) is 0 Å². The van der Waals surface area contributed by atoms with Crippen molar-refractivity contribution in [2.75, 3.05) is 0 Å². The Labute approximate surface area is 88.1 Å². The van der Waals surface area contributed by atoms with Crippen molar-refractivity contribution < 1.29 is 0 Å². The lowest BCUT2D eigenvalue weighted by Gasteiger charge is -2.07. The highest BCUT2D eigenvalue weighted by molar-refractivity contribution is 5.23. The van der Waals surface area contributed by atoms with Gasteiger partial charge < -0.3 is 0 Å². The molecule has 0 atom stereocenters. The second-order valence-corrected chi connectivity index (χ2v) is 3.13. The molecule has 0 aromatic heterocycles. The number of nitriles is 1. The molecule has 0 N–H and O–H groups in total. The maximum Gasteiger partial charge on any atom is 0.0943 e. The third-order valence-electron chi connectivity index (χ3n) is 2.30. The number of rotatable bonds is 1. The van der Waals surface area contributed by atoms with Gasteiger partial charge >= 0.3 is 0 Å². The fraction of sp³-hybridized carbons (Fsp3) is 0.615.